The Morgan fingerprint density at radius 3 is 2.38 bits per heavy atom. The van der Waals surface area contributed by atoms with Crippen LogP contribution in [0.5, 0.6) is 0 Å². The zero-order chi connectivity index (χ0) is 16.9. The van der Waals surface area contributed by atoms with E-state index in [1.807, 2.05) is 72.8 Å². The average molecular weight is 337 g/mol. The summed E-state index contributed by atoms with van der Waals surface area (Å²) in [4.78, 5) is 0.707. The van der Waals surface area contributed by atoms with Gasteiger partial charge in [-0.3, -0.25) is 0 Å². The van der Waals surface area contributed by atoms with Crippen molar-refractivity contribution in [2.45, 2.75) is 17.4 Å². The number of hydrogen-bond donors (Lipinski definition) is 2. The molecule has 3 rings (SSSR count). The molecule has 0 heterocycles. The molecule has 0 spiro atoms. The third-order valence-electron chi connectivity index (χ3n) is 3.83. The maximum Gasteiger partial charge on any atom is 0.125 e. The van der Waals surface area contributed by atoms with Gasteiger partial charge in [-0.05, 0) is 28.5 Å². The van der Waals surface area contributed by atoms with Crippen LogP contribution in [0.1, 0.15) is 18.0 Å². The van der Waals surface area contributed by atoms with Gasteiger partial charge in [0.25, 0.3) is 0 Å². The fourth-order valence-electron chi connectivity index (χ4n) is 2.63. The van der Waals surface area contributed by atoms with E-state index in [1.54, 1.807) is 0 Å². The second-order valence-electron chi connectivity index (χ2n) is 5.63. The summed E-state index contributed by atoms with van der Waals surface area (Å²) < 4.78 is 15.8. The molecule has 0 fully saturated rings. The molecule has 24 heavy (non-hydrogen) atoms. The van der Waals surface area contributed by atoms with Crippen LogP contribution in [0.3, 0.4) is 0 Å². The van der Waals surface area contributed by atoms with Crippen LogP contribution in [0, 0.1) is 0 Å². The molecule has 0 aromatic heterocycles. The first-order valence-corrected chi connectivity index (χ1v) is 8.87. The first kappa shape index (κ1) is 16.4. The van der Waals surface area contributed by atoms with Gasteiger partial charge in [0.2, 0.25) is 0 Å². The molecule has 2 atom stereocenters. The van der Waals surface area contributed by atoms with Crippen LogP contribution in [-0.4, -0.2) is 9.32 Å². The Bertz CT molecular complexity index is 877. The molecule has 0 aliphatic rings. The van der Waals surface area contributed by atoms with Gasteiger partial charge in [0.15, 0.2) is 0 Å². The smallest absolute Gasteiger partial charge is 0.125 e. The predicted molar refractivity (Wildman–Crippen MR) is 99.1 cm³/mol. The molecule has 3 nitrogen and oxygen atoms in total. The van der Waals surface area contributed by atoms with E-state index in [0.29, 0.717) is 11.3 Å². The van der Waals surface area contributed by atoms with Crippen molar-refractivity contribution in [1.29, 1.82) is 0 Å². The monoisotopic (exact) mass is 337 g/mol. The number of rotatable bonds is 6. The van der Waals surface area contributed by atoms with Gasteiger partial charge in [0.1, 0.15) is 11.0 Å². The largest absolute Gasteiger partial charge is 0.513 e. The second kappa shape index (κ2) is 7.43. The molecule has 2 unspecified atom stereocenters. The quantitative estimate of drug-likeness (QED) is 0.643. The van der Waals surface area contributed by atoms with Gasteiger partial charge in [-0.25, -0.2) is 8.93 Å². The van der Waals surface area contributed by atoms with Crippen LogP contribution < -0.4 is 4.72 Å². The van der Waals surface area contributed by atoms with Crippen molar-refractivity contribution < 1.29 is 9.32 Å². The SMILES string of the molecule is C=C(O)CC(NS(=O)c1ccc2ccccc2c1)c1ccccc1. The fourth-order valence-corrected chi connectivity index (χ4v) is 3.67. The summed E-state index contributed by atoms with van der Waals surface area (Å²) in [5.74, 6) is 0.0619. The molecule has 0 aliphatic heterocycles. The van der Waals surface area contributed by atoms with Gasteiger partial charge < -0.3 is 5.11 Å². The molecule has 3 aromatic rings. The van der Waals surface area contributed by atoms with E-state index >= 15 is 0 Å². The Morgan fingerprint density at radius 2 is 1.67 bits per heavy atom. The number of hydrogen-bond acceptors (Lipinski definition) is 2. The highest BCUT2D eigenvalue weighted by Crippen LogP contribution is 2.23. The first-order chi connectivity index (χ1) is 11.6. The van der Waals surface area contributed by atoms with Crippen LogP contribution in [0.25, 0.3) is 10.8 Å². The Morgan fingerprint density at radius 1 is 1.00 bits per heavy atom. The Labute approximate surface area is 144 Å². The van der Waals surface area contributed by atoms with Gasteiger partial charge in [-0.1, -0.05) is 67.2 Å². The number of aliphatic hydroxyl groups is 1. The van der Waals surface area contributed by atoms with Gasteiger partial charge in [0.05, 0.1) is 16.7 Å². The zero-order valence-electron chi connectivity index (χ0n) is 13.2. The van der Waals surface area contributed by atoms with Gasteiger partial charge >= 0.3 is 0 Å². The van der Waals surface area contributed by atoms with Gasteiger partial charge in [-0.15, -0.1) is 0 Å². The van der Waals surface area contributed by atoms with Crippen molar-refractivity contribution in [3.63, 3.8) is 0 Å². The molecular weight excluding hydrogens is 318 g/mol. The van der Waals surface area contributed by atoms with Crippen molar-refractivity contribution in [2.24, 2.45) is 0 Å². The molecule has 3 aromatic carbocycles. The Balaban J connectivity index is 1.85. The summed E-state index contributed by atoms with van der Waals surface area (Å²) in [5, 5.41) is 11.7. The minimum Gasteiger partial charge on any atom is -0.513 e. The van der Waals surface area contributed by atoms with E-state index in [1.165, 1.54) is 0 Å². The van der Waals surface area contributed by atoms with Crippen molar-refractivity contribution in [3.8, 4) is 0 Å². The third-order valence-corrected chi connectivity index (χ3v) is 5.01. The molecule has 0 amide bonds. The van der Waals surface area contributed by atoms with E-state index in [4.69, 9.17) is 0 Å². The lowest BCUT2D eigenvalue weighted by Gasteiger charge is -2.18. The van der Waals surface area contributed by atoms with Gasteiger partial charge in [0, 0.05) is 6.42 Å². The topological polar surface area (TPSA) is 49.3 Å². The molecule has 2 N–H and O–H groups in total. The molecule has 4 heteroatoms. The second-order valence-corrected chi connectivity index (χ2v) is 6.87. The fraction of sp³-hybridized carbons (Fsp3) is 0.100. The highest BCUT2D eigenvalue weighted by atomic mass is 32.2. The lowest BCUT2D eigenvalue weighted by atomic mass is 10.0. The predicted octanol–water partition coefficient (Wildman–Crippen LogP) is 4.66. The van der Waals surface area contributed by atoms with Crippen molar-refractivity contribution in [1.82, 2.24) is 4.72 Å². The maximum atomic E-state index is 12.7. The molecule has 0 bridgehead atoms. The summed E-state index contributed by atoms with van der Waals surface area (Å²) in [5.41, 5.74) is 0.960. The van der Waals surface area contributed by atoms with E-state index in [2.05, 4.69) is 11.3 Å². The summed E-state index contributed by atoms with van der Waals surface area (Å²) in [6.45, 7) is 3.56. The third kappa shape index (κ3) is 3.91. The lowest BCUT2D eigenvalue weighted by molar-refractivity contribution is 0.373. The van der Waals surface area contributed by atoms with Crippen molar-refractivity contribution in [3.05, 3.63) is 90.7 Å². The molecule has 0 aliphatic carbocycles. The van der Waals surface area contributed by atoms with Crippen molar-refractivity contribution >= 4 is 21.8 Å². The van der Waals surface area contributed by atoms with E-state index in [-0.39, 0.29) is 11.8 Å². The number of nitrogens with one attached hydrogen (secondary N) is 1. The zero-order valence-corrected chi connectivity index (χ0v) is 14.0. The summed E-state index contributed by atoms with van der Waals surface area (Å²) in [6.07, 6.45) is 0.309. The summed E-state index contributed by atoms with van der Waals surface area (Å²) in [6, 6.07) is 23.1. The van der Waals surface area contributed by atoms with Crippen LogP contribution in [0.2, 0.25) is 0 Å². The number of benzene rings is 3. The van der Waals surface area contributed by atoms with E-state index < -0.39 is 11.0 Å². The molecular formula is C20H19NO2S. The van der Waals surface area contributed by atoms with Crippen LogP contribution in [0.4, 0.5) is 0 Å². The number of fused-ring (bicyclic) bond motifs is 1. The molecule has 122 valence electrons. The normalized spacial score (nSPS) is 13.5. The summed E-state index contributed by atoms with van der Waals surface area (Å²) >= 11 is 0. The Hall–Kier alpha value is -2.43. The minimum absolute atomic E-state index is 0.0619. The molecule has 0 saturated heterocycles. The van der Waals surface area contributed by atoms with E-state index in [0.717, 1.165) is 16.3 Å². The van der Waals surface area contributed by atoms with Gasteiger partial charge in [-0.2, -0.15) is 0 Å². The van der Waals surface area contributed by atoms with Crippen LogP contribution >= 0.6 is 0 Å². The lowest BCUT2D eigenvalue weighted by Crippen LogP contribution is -2.24. The Kier molecular flexibility index (Phi) is 5.08. The summed E-state index contributed by atoms with van der Waals surface area (Å²) in [7, 11) is -1.39. The minimum atomic E-state index is -1.39. The van der Waals surface area contributed by atoms with Crippen LogP contribution in [-0.2, 0) is 11.0 Å². The van der Waals surface area contributed by atoms with Crippen molar-refractivity contribution in [2.75, 3.05) is 0 Å². The first-order valence-electron chi connectivity index (χ1n) is 7.72. The maximum absolute atomic E-state index is 12.7. The molecule has 0 radical (unpaired) electrons. The van der Waals surface area contributed by atoms with Crippen LogP contribution in [0.15, 0.2) is 90.0 Å². The average Bonchev–Trinajstić information content (AvgIpc) is 2.61. The standard InChI is InChI=1S/C20H19NO2S/c1-15(22)13-20(17-8-3-2-4-9-17)21-24(23)19-12-11-16-7-5-6-10-18(16)14-19/h2-12,14,20-22H,1,13H2. The highest BCUT2D eigenvalue weighted by Gasteiger charge is 2.16. The highest BCUT2D eigenvalue weighted by molar-refractivity contribution is 7.83. The van der Waals surface area contributed by atoms with E-state index in [9.17, 15) is 9.32 Å². The number of aliphatic hydroxyl groups excluding tert-OH is 1. The molecule has 0 saturated carbocycles.